The molecule has 6 aromatic rings. The number of rotatable bonds is 9. The number of nitrogens with two attached hydrogens (primary N) is 2. The molecule has 9 nitrogen and oxygen atoms in total. The van der Waals surface area contributed by atoms with Gasteiger partial charge in [-0.15, -0.1) is 11.3 Å². The quantitative estimate of drug-likeness (QED) is 0.184. The Morgan fingerprint density at radius 3 is 2.70 bits per heavy atom. The van der Waals surface area contributed by atoms with Crippen molar-refractivity contribution >= 4 is 50.1 Å². The molecule has 0 saturated heterocycles. The molecule has 4 aromatic heterocycles. The second-order valence-corrected chi connectivity index (χ2v) is 11.1. The number of hydrogen-bond donors (Lipinski definition) is 3. The van der Waals surface area contributed by atoms with Crippen molar-refractivity contribution < 1.29 is 9.53 Å². The Balaban J connectivity index is 1.33. The summed E-state index contributed by atoms with van der Waals surface area (Å²) < 4.78 is 8.77. The number of nitrogens with zero attached hydrogens (tertiary/aromatic N) is 4. The molecule has 0 bridgehead atoms. The Morgan fingerprint density at radius 2 is 1.93 bits per heavy atom. The Hall–Kier alpha value is -5.06. The first-order valence-electron chi connectivity index (χ1n) is 13.7. The molecule has 0 aliphatic heterocycles. The second kappa shape index (κ2) is 11.7. The van der Waals surface area contributed by atoms with Crippen LogP contribution in [0.4, 0.5) is 5.82 Å². The van der Waals surface area contributed by atoms with Crippen molar-refractivity contribution in [3.63, 3.8) is 0 Å². The van der Waals surface area contributed by atoms with Crippen LogP contribution in [0.25, 0.3) is 49.3 Å². The lowest BCUT2D eigenvalue weighted by molar-refractivity contribution is 0.0993. The number of nitrogens with one attached hydrogen (secondary N) is 1. The number of amides is 1. The Bertz CT molecular complexity index is 2010. The largest absolute Gasteiger partial charge is 0.496 e. The molecular weight excluding hydrogens is 558 g/mol. The van der Waals surface area contributed by atoms with E-state index in [0.29, 0.717) is 30.4 Å². The molecular formula is C33H31N7O2S. The molecule has 0 aliphatic carbocycles. The van der Waals surface area contributed by atoms with Crippen LogP contribution in [0.3, 0.4) is 0 Å². The van der Waals surface area contributed by atoms with E-state index in [-0.39, 0.29) is 0 Å². The number of pyridine rings is 1. The van der Waals surface area contributed by atoms with Gasteiger partial charge in [0.15, 0.2) is 0 Å². The molecule has 0 aliphatic rings. The molecule has 0 radical (unpaired) electrons. The third kappa shape index (κ3) is 5.22. The zero-order valence-electron chi connectivity index (χ0n) is 24.1. The number of fused-ring (bicyclic) bond motifs is 2. The summed E-state index contributed by atoms with van der Waals surface area (Å²) in [7, 11) is 3.47. The fourth-order valence-corrected chi connectivity index (χ4v) is 6.50. The predicted molar refractivity (Wildman–Crippen MR) is 174 cm³/mol. The van der Waals surface area contributed by atoms with Gasteiger partial charge in [0, 0.05) is 82.0 Å². The Labute approximate surface area is 252 Å². The van der Waals surface area contributed by atoms with Crippen LogP contribution in [0, 0.1) is 6.92 Å². The normalized spacial score (nSPS) is 11.6. The second-order valence-electron chi connectivity index (χ2n) is 10.2. The molecule has 2 aromatic carbocycles. The van der Waals surface area contributed by atoms with Crippen molar-refractivity contribution in [2.75, 3.05) is 19.4 Å². The van der Waals surface area contributed by atoms with Crippen molar-refractivity contribution in [2.24, 2.45) is 12.8 Å². The molecule has 10 heteroatoms. The van der Waals surface area contributed by atoms with Crippen LogP contribution in [0.2, 0.25) is 0 Å². The number of carbonyl (C=O) groups excluding carboxylic acids is 1. The highest BCUT2D eigenvalue weighted by molar-refractivity contribution is 7.18. The van der Waals surface area contributed by atoms with Gasteiger partial charge in [-0.2, -0.15) is 0 Å². The summed E-state index contributed by atoms with van der Waals surface area (Å²) >= 11 is 1.62. The summed E-state index contributed by atoms with van der Waals surface area (Å²) in [5.41, 5.74) is 19.9. The fourth-order valence-electron chi connectivity index (χ4n) is 5.42. The van der Waals surface area contributed by atoms with Gasteiger partial charge < -0.3 is 26.1 Å². The molecule has 0 fully saturated rings. The van der Waals surface area contributed by atoms with Gasteiger partial charge in [0.05, 0.1) is 18.5 Å². The van der Waals surface area contributed by atoms with Crippen LogP contribution in [0.1, 0.15) is 27.4 Å². The van der Waals surface area contributed by atoms with E-state index in [1.807, 2.05) is 61.0 Å². The lowest BCUT2D eigenvalue weighted by Gasteiger charge is -2.12. The number of hydrogen-bond acceptors (Lipinski definition) is 8. The molecule has 6 rings (SSSR count). The van der Waals surface area contributed by atoms with E-state index in [4.69, 9.17) is 16.2 Å². The van der Waals surface area contributed by atoms with E-state index < -0.39 is 5.91 Å². The number of carbonyl (C=O) groups is 1. The number of benzene rings is 2. The lowest BCUT2D eigenvalue weighted by atomic mass is 9.96. The number of nitrogen functional groups attached to an aromatic ring is 1. The van der Waals surface area contributed by atoms with Gasteiger partial charge in [-0.3, -0.25) is 14.8 Å². The monoisotopic (exact) mass is 589 g/mol. The molecule has 43 heavy (non-hydrogen) atoms. The van der Waals surface area contributed by atoms with Gasteiger partial charge in [-0.05, 0) is 36.1 Å². The van der Waals surface area contributed by atoms with Crippen molar-refractivity contribution in [1.29, 1.82) is 0 Å². The molecule has 216 valence electrons. The van der Waals surface area contributed by atoms with E-state index in [0.717, 1.165) is 60.2 Å². The van der Waals surface area contributed by atoms with Crippen LogP contribution in [0.15, 0.2) is 72.5 Å². The van der Waals surface area contributed by atoms with Gasteiger partial charge >= 0.3 is 0 Å². The minimum absolute atomic E-state index is 0.430. The fraction of sp³-hybridized carbons (Fsp3) is 0.152. The molecule has 4 heterocycles. The van der Waals surface area contributed by atoms with Gasteiger partial charge in [0.1, 0.15) is 17.3 Å². The smallest absolute Gasteiger partial charge is 0.266 e. The highest BCUT2D eigenvalue weighted by atomic mass is 32.1. The van der Waals surface area contributed by atoms with Crippen LogP contribution < -0.4 is 21.5 Å². The number of methoxy groups -OCH3 is 1. The zero-order valence-corrected chi connectivity index (χ0v) is 24.9. The zero-order chi connectivity index (χ0) is 30.1. The average molecular weight is 590 g/mol. The molecule has 0 unspecified atom stereocenters. The standard InChI is InChI=1S/C33H31N7O2S/c1-19-14-38-22(17-37-19)16-36-12-6-7-21-15-39-32(34)29-25(18-43-31(21)29)20-10-11-24(27(13-20)42-3)28-23-8-4-5-9-26(23)40(2)30(28)33(35)41/h4-11,13-15,17-18,36H,12,16H2,1-3H3,(H2,34,39)(H2,35,41)/b7-6+. The van der Waals surface area contributed by atoms with Crippen LogP contribution in [-0.2, 0) is 13.6 Å². The molecule has 0 spiro atoms. The van der Waals surface area contributed by atoms with Crippen molar-refractivity contribution in [3.05, 3.63) is 95.2 Å². The lowest BCUT2D eigenvalue weighted by Crippen LogP contribution is -2.16. The van der Waals surface area contributed by atoms with E-state index in [2.05, 4.69) is 37.8 Å². The van der Waals surface area contributed by atoms with Crippen molar-refractivity contribution in [1.82, 2.24) is 24.8 Å². The highest BCUT2D eigenvalue weighted by Gasteiger charge is 2.23. The van der Waals surface area contributed by atoms with E-state index in [1.54, 1.807) is 37.0 Å². The number of aryl methyl sites for hydroxylation is 2. The van der Waals surface area contributed by atoms with Gasteiger partial charge in [-0.1, -0.05) is 36.4 Å². The first-order chi connectivity index (χ1) is 20.9. The summed E-state index contributed by atoms with van der Waals surface area (Å²) in [6.45, 7) is 3.22. The SMILES string of the molecule is COc1cc(-c2csc3c(/C=C/CNCc4cnc(C)cn4)cnc(N)c23)ccc1-c1c(C(N)=O)n(C)c2ccccc12. The summed E-state index contributed by atoms with van der Waals surface area (Å²) in [5.74, 6) is 0.595. The third-order valence-electron chi connectivity index (χ3n) is 7.47. The number of anilines is 1. The topological polar surface area (TPSA) is 134 Å². The van der Waals surface area contributed by atoms with E-state index in [1.165, 1.54) is 0 Å². The number of thiophene rings is 1. The molecule has 0 atom stereocenters. The van der Waals surface area contributed by atoms with Gasteiger partial charge in [-0.25, -0.2) is 4.98 Å². The first kappa shape index (κ1) is 28.1. The minimum atomic E-state index is -0.498. The van der Waals surface area contributed by atoms with Gasteiger partial charge in [0.2, 0.25) is 0 Å². The van der Waals surface area contributed by atoms with Crippen LogP contribution in [0.5, 0.6) is 5.75 Å². The summed E-state index contributed by atoms with van der Waals surface area (Å²) in [4.78, 5) is 25.7. The number of para-hydroxylation sites is 1. The third-order valence-corrected chi connectivity index (χ3v) is 8.50. The van der Waals surface area contributed by atoms with Crippen molar-refractivity contribution in [3.8, 4) is 28.0 Å². The van der Waals surface area contributed by atoms with E-state index in [9.17, 15) is 4.79 Å². The maximum Gasteiger partial charge on any atom is 0.266 e. The summed E-state index contributed by atoms with van der Waals surface area (Å²) in [6.07, 6.45) is 9.47. The van der Waals surface area contributed by atoms with Crippen LogP contribution in [-0.4, -0.2) is 39.1 Å². The van der Waals surface area contributed by atoms with Gasteiger partial charge in [0.25, 0.3) is 5.91 Å². The molecule has 1 amide bonds. The minimum Gasteiger partial charge on any atom is -0.496 e. The summed E-state index contributed by atoms with van der Waals surface area (Å²) in [6, 6.07) is 13.8. The average Bonchev–Trinajstić information content (AvgIpc) is 3.59. The maximum absolute atomic E-state index is 12.6. The maximum atomic E-state index is 12.6. The Kier molecular flexibility index (Phi) is 7.62. The number of aromatic nitrogens is 4. The molecule has 0 saturated carbocycles. The number of ether oxygens (including phenoxy) is 1. The van der Waals surface area contributed by atoms with Crippen molar-refractivity contribution in [2.45, 2.75) is 13.5 Å². The Morgan fingerprint density at radius 1 is 1.09 bits per heavy atom. The first-order valence-corrected chi connectivity index (χ1v) is 14.6. The highest BCUT2D eigenvalue weighted by Crippen LogP contribution is 2.44. The van der Waals surface area contributed by atoms with E-state index >= 15 is 0 Å². The molecule has 5 N–H and O–H groups in total. The number of primary amides is 1. The predicted octanol–water partition coefficient (Wildman–Crippen LogP) is 5.71. The van der Waals surface area contributed by atoms with Crippen LogP contribution >= 0.6 is 11.3 Å². The summed E-state index contributed by atoms with van der Waals surface area (Å²) in [5, 5.41) is 7.28.